The van der Waals surface area contributed by atoms with E-state index in [0.29, 0.717) is 5.02 Å². The number of hydrogen-bond donors (Lipinski definition) is 0. The van der Waals surface area contributed by atoms with Gasteiger partial charge < -0.3 is 0 Å². The Morgan fingerprint density at radius 2 is 2.07 bits per heavy atom. The molecule has 3 aromatic rings. The fourth-order valence-electron chi connectivity index (χ4n) is 1.49. The van der Waals surface area contributed by atoms with Crippen molar-refractivity contribution in [1.82, 2.24) is 9.00 Å². The largest absolute Gasteiger partial charge is 0.184 e. The number of fused-ring (bicyclic) bond motifs is 3. The normalized spacial score (nSPS) is 11.6. The van der Waals surface area contributed by atoms with Crippen LogP contribution in [-0.4, -0.2) is 9.00 Å². The summed E-state index contributed by atoms with van der Waals surface area (Å²) in [6.45, 7) is 0. The first-order valence-corrected chi connectivity index (χ1v) is 5.51. The molecule has 0 unspecified atom stereocenters. The molecule has 0 bridgehead atoms. The van der Waals surface area contributed by atoms with Crippen LogP contribution in [0.25, 0.3) is 15.6 Å². The molecule has 2 nitrogen and oxygen atoms in total. The van der Waals surface area contributed by atoms with Crippen molar-refractivity contribution in [1.29, 1.82) is 0 Å². The molecule has 0 amide bonds. The van der Waals surface area contributed by atoms with Gasteiger partial charge in [0.1, 0.15) is 5.52 Å². The summed E-state index contributed by atoms with van der Waals surface area (Å²) in [6, 6.07) is 5.79. The monoisotopic (exact) mass is 242 g/mol. The smallest absolute Gasteiger partial charge is 0.106 e. The fraction of sp³-hybridized carbons (Fsp3) is 0. The Morgan fingerprint density at radius 1 is 1.21 bits per heavy atom. The first-order valence-electron chi connectivity index (χ1n) is 3.98. The number of benzene rings is 1. The third-order valence-corrected chi connectivity index (χ3v) is 3.87. The van der Waals surface area contributed by atoms with Crippen LogP contribution in [0.5, 0.6) is 0 Å². The molecule has 0 saturated heterocycles. The third kappa shape index (κ3) is 1.00. The van der Waals surface area contributed by atoms with E-state index in [1.807, 2.05) is 18.2 Å². The van der Waals surface area contributed by atoms with Gasteiger partial charge in [0, 0.05) is 5.39 Å². The standard InChI is InChI=1S/C9H4Cl2N2S/c10-6-3-1-2-5-8-7(11)4-12-13(8)14-9(5)6/h1-4H. The van der Waals surface area contributed by atoms with Gasteiger partial charge in [0.15, 0.2) is 0 Å². The molecule has 0 fully saturated rings. The van der Waals surface area contributed by atoms with Gasteiger partial charge in [-0.05, 0) is 17.6 Å². The lowest BCUT2D eigenvalue weighted by Crippen LogP contribution is -1.71. The number of rotatable bonds is 0. The second kappa shape index (κ2) is 2.86. The van der Waals surface area contributed by atoms with Crippen LogP contribution in [0.15, 0.2) is 24.4 Å². The number of hydrogen-bond acceptors (Lipinski definition) is 2. The average molecular weight is 243 g/mol. The maximum atomic E-state index is 6.06. The van der Waals surface area contributed by atoms with Crippen LogP contribution in [0.3, 0.4) is 0 Å². The van der Waals surface area contributed by atoms with Gasteiger partial charge in [0.25, 0.3) is 0 Å². The second-order valence-corrected chi connectivity index (χ2v) is 4.67. The summed E-state index contributed by atoms with van der Waals surface area (Å²) in [5.41, 5.74) is 0.939. The zero-order valence-corrected chi connectivity index (χ0v) is 9.20. The van der Waals surface area contributed by atoms with Crippen molar-refractivity contribution in [2.24, 2.45) is 0 Å². The van der Waals surface area contributed by atoms with Crippen molar-refractivity contribution in [3.05, 3.63) is 34.4 Å². The SMILES string of the molecule is Clc1cccc2c1sn1ncc(Cl)c21. The topological polar surface area (TPSA) is 17.3 Å². The van der Waals surface area contributed by atoms with Crippen LogP contribution in [-0.2, 0) is 0 Å². The molecule has 0 aliphatic carbocycles. The van der Waals surface area contributed by atoms with Gasteiger partial charge in [-0.15, -0.1) is 0 Å². The van der Waals surface area contributed by atoms with Crippen molar-refractivity contribution in [2.45, 2.75) is 0 Å². The molecule has 0 atom stereocenters. The van der Waals surface area contributed by atoms with Crippen molar-refractivity contribution < 1.29 is 0 Å². The van der Waals surface area contributed by atoms with E-state index in [4.69, 9.17) is 23.2 Å². The number of aromatic nitrogens is 2. The van der Waals surface area contributed by atoms with E-state index in [1.165, 1.54) is 11.5 Å². The molecule has 0 aliphatic rings. The first-order chi connectivity index (χ1) is 6.77. The number of halogens is 2. The quantitative estimate of drug-likeness (QED) is 0.586. The molecule has 0 aliphatic heterocycles. The lowest BCUT2D eigenvalue weighted by atomic mass is 10.2. The van der Waals surface area contributed by atoms with Gasteiger partial charge in [0.2, 0.25) is 0 Å². The minimum atomic E-state index is 0.665. The first kappa shape index (κ1) is 8.53. The summed E-state index contributed by atoms with van der Waals surface area (Å²) in [5, 5.41) is 6.61. The van der Waals surface area contributed by atoms with Crippen LogP contribution < -0.4 is 0 Å². The van der Waals surface area contributed by atoms with Gasteiger partial charge in [0.05, 0.1) is 20.9 Å². The minimum absolute atomic E-state index is 0.665. The molecule has 0 radical (unpaired) electrons. The Balaban J connectivity index is 2.65. The van der Waals surface area contributed by atoms with Crippen molar-refractivity contribution >= 4 is 50.3 Å². The summed E-state index contributed by atoms with van der Waals surface area (Å²) >= 11 is 13.6. The second-order valence-electron chi connectivity index (χ2n) is 2.92. The summed E-state index contributed by atoms with van der Waals surface area (Å²) in [4.78, 5) is 0. The molecule has 3 rings (SSSR count). The lowest BCUT2D eigenvalue weighted by molar-refractivity contribution is 1.07. The molecule has 0 saturated carbocycles. The summed E-state index contributed by atoms with van der Waals surface area (Å²) in [7, 11) is 0. The van der Waals surface area contributed by atoms with E-state index in [-0.39, 0.29) is 0 Å². The van der Waals surface area contributed by atoms with Crippen LogP contribution in [0, 0.1) is 0 Å². The molecular formula is C9H4Cl2N2S. The maximum Gasteiger partial charge on any atom is 0.106 e. The highest BCUT2D eigenvalue weighted by molar-refractivity contribution is 7.15. The number of nitrogens with zero attached hydrogens (tertiary/aromatic N) is 2. The molecule has 70 valence electrons. The lowest BCUT2D eigenvalue weighted by Gasteiger charge is -1.90. The molecule has 1 aromatic carbocycles. The zero-order valence-electron chi connectivity index (χ0n) is 6.87. The highest BCUT2D eigenvalue weighted by Gasteiger charge is 2.11. The molecule has 2 heterocycles. The maximum absolute atomic E-state index is 6.06. The fourth-order valence-corrected chi connectivity index (χ4v) is 3.02. The molecule has 0 N–H and O–H groups in total. The van der Waals surface area contributed by atoms with Gasteiger partial charge in [-0.2, -0.15) is 9.00 Å². The predicted octanol–water partition coefficient (Wildman–Crippen LogP) is 3.86. The molecular weight excluding hydrogens is 239 g/mol. The summed E-state index contributed by atoms with van der Waals surface area (Å²) in [6.07, 6.45) is 1.65. The molecule has 2 aromatic heterocycles. The Morgan fingerprint density at radius 3 is 2.93 bits per heavy atom. The van der Waals surface area contributed by atoms with E-state index < -0.39 is 0 Å². The third-order valence-electron chi connectivity index (χ3n) is 2.09. The minimum Gasteiger partial charge on any atom is -0.184 e. The van der Waals surface area contributed by atoms with E-state index >= 15 is 0 Å². The summed E-state index contributed by atoms with van der Waals surface area (Å²) < 4.78 is 2.82. The molecule has 14 heavy (non-hydrogen) atoms. The zero-order chi connectivity index (χ0) is 9.71. The predicted molar refractivity (Wildman–Crippen MR) is 60.6 cm³/mol. The average Bonchev–Trinajstić information content (AvgIpc) is 2.68. The van der Waals surface area contributed by atoms with E-state index in [1.54, 1.807) is 10.1 Å². The van der Waals surface area contributed by atoms with E-state index in [0.717, 1.165) is 20.6 Å². The Hall–Kier alpha value is -0.770. The van der Waals surface area contributed by atoms with Crippen molar-refractivity contribution in [3.8, 4) is 0 Å². The van der Waals surface area contributed by atoms with Gasteiger partial charge in [-0.25, -0.2) is 0 Å². The van der Waals surface area contributed by atoms with Gasteiger partial charge in [-0.1, -0.05) is 35.3 Å². The Kier molecular flexibility index (Phi) is 1.74. The van der Waals surface area contributed by atoms with Crippen LogP contribution in [0.4, 0.5) is 0 Å². The van der Waals surface area contributed by atoms with Gasteiger partial charge >= 0.3 is 0 Å². The highest BCUT2D eigenvalue weighted by Crippen LogP contribution is 2.35. The Bertz CT molecular complexity index is 622. The Labute approximate surface area is 93.8 Å². The van der Waals surface area contributed by atoms with Crippen molar-refractivity contribution in [3.63, 3.8) is 0 Å². The molecule has 0 spiro atoms. The van der Waals surface area contributed by atoms with Gasteiger partial charge in [-0.3, -0.25) is 0 Å². The van der Waals surface area contributed by atoms with E-state index in [2.05, 4.69) is 5.10 Å². The van der Waals surface area contributed by atoms with Crippen molar-refractivity contribution in [2.75, 3.05) is 0 Å². The summed E-state index contributed by atoms with van der Waals surface area (Å²) in [5.74, 6) is 0. The highest BCUT2D eigenvalue weighted by atomic mass is 35.5. The van der Waals surface area contributed by atoms with Crippen LogP contribution in [0.1, 0.15) is 0 Å². The molecule has 5 heteroatoms. The van der Waals surface area contributed by atoms with E-state index in [9.17, 15) is 0 Å². The van der Waals surface area contributed by atoms with Crippen LogP contribution in [0.2, 0.25) is 10.0 Å². The van der Waals surface area contributed by atoms with Crippen LogP contribution >= 0.6 is 34.7 Å².